The van der Waals surface area contributed by atoms with Crippen molar-refractivity contribution in [1.82, 2.24) is 24.6 Å². The number of hydrogen-bond donors (Lipinski definition) is 0. The second-order valence-electron chi connectivity index (χ2n) is 6.63. The van der Waals surface area contributed by atoms with E-state index in [9.17, 15) is 4.79 Å². The zero-order chi connectivity index (χ0) is 16.9. The van der Waals surface area contributed by atoms with Crippen LogP contribution in [0.25, 0.3) is 0 Å². The number of urea groups is 1. The predicted octanol–water partition coefficient (Wildman–Crippen LogP) is 3.20. The van der Waals surface area contributed by atoms with Gasteiger partial charge in [0, 0.05) is 38.6 Å². The van der Waals surface area contributed by atoms with Crippen molar-refractivity contribution in [2.75, 3.05) is 31.9 Å². The molecule has 0 aromatic carbocycles. The molecule has 2 saturated heterocycles. The molecular formula is C17H29N5OS. The maximum Gasteiger partial charge on any atom is 0.320 e. The molecule has 1 aromatic heterocycles. The lowest BCUT2D eigenvalue weighted by atomic mass is 9.97. The number of amides is 2. The van der Waals surface area contributed by atoms with E-state index in [1.54, 1.807) is 11.8 Å². The molecule has 2 amide bonds. The number of rotatable bonds is 4. The van der Waals surface area contributed by atoms with E-state index in [-0.39, 0.29) is 6.03 Å². The molecule has 0 unspecified atom stereocenters. The zero-order valence-corrected chi connectivity index (χ0v) is 15.7. The van der Waals surface area contributed by atoms with Crippen molar-refractivity contribution in [3.8, 4) is 0 Å². The van der Waals surface area contributed by atoms with Crippen molar-refractivity contribution < 1.29 is 4.79 Å². The van der Waals surface area contributed by atoms with Gasteiger partial charge < -0.3 is 14.4 Å². The summed E-state index contributed by atoms with van der Waals surface area (Å²) in [5, 5.41) is 9.86. The molecule has 2 aliphatic heterocycles. The van der Waals surface area contributed by atoms with Crippen LogP contribution >= 0.6 is 11.8 Å². The molecule has 134 valence electrons. The summed E-state index contributed by atoms with van der Waals surface area (Å²) in [6, 6.07) is 0.227. The first-order valence-electron chi connectivity index (χ1n) is 9.34. The third-order valence-electron chi connectivity index (χ3n) is 5.02. The third kappa shape index (κ3) is 3.71. The van der Waals surface area contributed by atoms with Crippen LogP contribution in [0.15, 0.2) is 5.16 Å². The zero-order valence-electron chi connectivity index (χ0n) is 14.9. The first kappa shape index (κ1) is 17.6. The van der Waals surface area contributed by atoms with Gasteiger partial charge in [0.05, 0.1) is 0 Å². The third-order valence-corrected chi connectivity index (χ3v) is 5.87. The lowest BCUT2D eigenvalue weighted by Crippen LogP contribution is -2.48. The second kappa shape index (κ2) is 8.23. The Morgan fingerprint density at radius 2 is 1.83 bits per heavy atom. The summed E-state index contributed by atoms with van der Waals surface area (Å²) in [6.45, 7) is 8.67. The topological polar surface area (TPSA) is 54.3 Å². The van der Waals surface area contributed by atoms with Gasteiger partial charge >= 0.3 is 6.03 Å². The molecular weight excluding hydrogens is 322 g/mol. The summed E-state index contributed by atoms with van der Waals surface area (Å²) < 4.78 is 2.23. The van der Waals surface area contributed by atoms with Gasteiger partial charge in [0.1, 0.15) is 5.82 Å². The van der Waals surface area contributed by atoms with Crippen LogP contribution in [0.1, 0.15) is 57.7 Å². The molecule has 0 spiro atoms. The van der Waals surface area contributed by atoms with Crippen LogP contribution in [0, 0.1) is 0 Å². The van der Waals surface area contributed by atoms with Gasteiger partial charge in [-0.2, -0.15) is 0 Å². The number of nitrogens with zero attached hydrogens (tertiary/aromatic N) is 5. The summed E-state index contributed by atoms with van der Waals surface area (Å²) in [7, 11) is 0. The number of aromatic nitrogens is 3. The molecule has 0 radical (unpaired) electrons. The van der Waals surface area contributed by atoms with E-state index < -0.39 is 0 Å². The monoisotopic (exact) mass is 351 g/mol. The summed E-state index contributed by atoms with van der Waals surface area (Å²) in [6.07, 6.45) is 5.69. The van der Waals surface area contributed by atoms with Crippen molar-refractivity contribution in [3.63, 3.8) is 0 Å². The lowest BCUT2D eigenvalue weighted by Gasteiger charge is -2.37. The standard InChI is InChI=1S/C17H29N5OS/c1-3-22-15(18-19-16(22)24-4-2)14-9-8-12-21(13-14)17(23)20-10-6-5-7-11-20/h14H,3-13H2,1-2H3/t14-/m0/s1. The SMILES string of the molecule is CCSc1nnc([C@H]2CCCN(C(=O)N3CCCCC3)C2)n1CC. The molecule has 2 aliphatic rings. The average molecular weight is 352 g/mol. The molecule has 7 heteroatoms. The van der Waals surface area contributed by atoms with Crippen molar-refractivity contribution >= 4 is 17.8 Å². The Morgan fingerprint density at radius 1 is 1.08 bits per heavy atom. The largest absolute Gasteiger partial charge is 0.325 e. The Bertz CT molecular complexity index is 555. The van der Waals surface area contributed by atoms with Crippen LogP contribution in [-0.2, 0) is 6.54 Å². The van der Waals surface area contributed by atoms with E-state index in [1.165, 1.54) is 6.42 Å². The average Bonchev–Trinajstić information content (AvgIpc) is 3.05. The fraction of sp³-hybridized carbons (Fsp3) is 0.824. The van der Waals surface area contributed by atoms with E-state index in [0.717, 1.165) is 75.1 Å². The van der Waals surface area contributed by atoms with E-state index >= 15 is 0 Å². The minimum absolute atomic E-state index is 0.227. The predicted molar refractivity (Wildman–Crippen MR) is 96.5 cm³/mol. The molecule has 1 aromatic rings. The van der Waals surface area contributed by atoms with E-state index in [1.807, 2.05) is 9.80 Å². The molecule has 0 N–H and O–H groups in total. The van der Waals surface area contributed by atoms with Crippen LogP contribution in [0.4, 0.5) is 4.79 Å². The first-order valence-corrected chi connectivity index (χ1v) is 10.3. The van der Waals surface area contributed by atoms with Crippen LogP contribution in [0.5, 0.6) is 0 Å². The number of hydrogen-bond acceptors (Lipinski definition) is 4. The Labute approximate surface area is 149 Å². The maximum atomic E-state index is 12.8. The van der Waals surface area contributed by atoms with E-state index in [4.69, 9.17) is 0 Å². The Balaban J connectivity index is 1.70. The Morgan fingerprint density at radius 3 is 2.54 bits per heavy atom. The second-order valence-corrected chi connectivity index (χ2v) is 7.86. The van der Waals surface area contributed by atoms with Gasteiger partial charge in [-0.3, -0.25) is 0 Å². The minimum atomic E-state index is 0.227. The number of carbonyl (C=O) groups is 1. The summed E-state index contributed by atoms with van der Waals surface area (Å²) in [5.74, 6) is 2.37. The normalized spacial score (nSPS) is 22.0. The van der Waals surface area contributed by atoms with E-state index in [2.05, 4.69) is 28.6 Å². The highest BCUT2D eigenvalue weighted by molar-refractivity contribution is 7.99. The minimum Gasteiger partial charge on any atom is -0.325 e. The molecule has 24 heavy (non-hydrogen) atoms. The molecule has 0 saturated carbocycles. The van der Waals surface area contributed by atoms with E-state index in [0.29, 0.717) is 5.92 Å². The number of carbonyl (C=O) groups excluding carboxylic acids is 1. The summed E-state index contributed by atoms with van der Waals surface area (Å²) >= 11 is 1.74. The molecule has 0 bridgehead atoms. The smallest absolute Gasteiger partial charge is 0.320 e. The molecule has 3 rings (SSSR count). The number of piperidine rings is 2. The maximum absolute atomic E-state index is 12.8. The molecule has 3 heterocycles. The van der Waals surface area contributed by atoms with Crippen molar-refractivity contribution in [2.45, 2.75) is 63.6 Å². The molecule has 1 atom stereocenters. The first-order chi connectivity index (χ1) is 11.7. The van der Waals surface area contributed by atoms with Crippen molar-refractivity contribution in [2.24, 2.45) is 0 Å². The van der Waals surface area contributed by atoms with Gasteiger partial charge in [0.2, 0.25) is 0 Å². The summed E-state index contributed by atoms with van der Waals surface area (Å²) in [4.78, 5) is 16.9. The van der Waals surface area contributed by atoms with Crippen LogP contribution < -0.4 is 0 Å². The van der Waals surface area contributed by atoms with Gasteiger partial charge in [-0.15, -0.1) is 10.2 Å². The van der Waals surface area contributed by atoms with Gasteiger partial charge in [-0.1, -0.05) is 18.7 Å². The highest BCUT2D eigenvalue weighted by Gasteiger charge is 2.31. The fourth-order valence-corrected chi connectivity index (χ4v) is 4.52. The van der Waals surface area contributed by atoms with Crippen molar-refractivity contribution in [1.29, 1.82) is 0 Å². The number of thioether (sulfide) groups is 1. The quantitative estimate of drug-likeness (QED) is 0.782. The Kier molecular flexibility index (Phi) is 6.03. The molecule has 6 nitrogen and oxygen atoms in total. The summed E-state index contributed by atoms with van der Waals surface area (Å²) in [5.41, 5.74) is 0. The molecule has 2 fully saturated rings. The van der Waals surface area contributed by atoms with Crippen LogP contribution in [0.2, 0.25) is 0 Å². The number of likely N-dealkylation sites (tertiary alicyclic amines) is 2. The van der Waals surface area contributed by atoms with Crippen LogP contribution in [0.3, 0.4) is 0 Å². The highest BCUT2D eigenvalue weighted by atomic mass is 32.2. The lowest BCUT2D eigenvalue weighted by molar-refractivity contribution is 0.129. The van der Waals surface area contributed by atoms with Crippen LogP contribution in [-0.4, -0.2) is 62.5 Å². The van der Waals surface area contributed by atoms with Gasteiger partial charge in [0.25, 0.3) is 0 Å². The fourth-order valence-electron chi connectivity index (χ4n) is 3.78. The highest BCUT2D eigenvalue weighted by Crippen LogP contribution is 2.29. The van der Waals surface area contributed by atoms with Gasteiger partial charge in [0.15, 0.2) is 5.16 Å². The molecule has 0 aliphatic carbocycles. The van der Waals surface area contributed by atoms with Gasteiger partial charge in [-0.25, -0.2) is 4.79 Å². The van der Waals surface area contributed by atoms with Gasteiger partial charge in [-0.05, 0) is 44.8 Å². The van der Waals surface area contributed by atoms with Crippen molar-refractivity contribution in [3.05, 3.63) is 5.82 Å². The Hall–Kier alpha value is -1.24.